The third kappa shape index (κ3) is 6.83. The second kappa shape index (κ2) is 12.0. The molecular weight excluding hydrogens is 460 g/mol. The van der Waals surface area contributed by atoms with Crippen LogP contribution in [0.3, 0.4) is 0 Å². The fraction of sp³-hybridized carbons (Fsp3) is 0.444. The summed E-state index contributed by atoms with van der Waals surface area (Å²) in [7, 11) is 3.73. The van der Waals surface area contributed by atoms with E-state index in [4.69, 9.17) is 9.47 Å². The maximum Gasteiger partial charge on any atom is 0.303 e. The second-order valence-corrected chi connectivity index (χ2v) is 9.40. The van der Waals surface area contributed by atoms with Gasteiger partial charge in [0.1, 0.15) is 11.9 Å². The average molecular weight is 495 g/mol. The number of carboxylic acid groups (broad SMARTS) is 1. The van der Waals surface area contributed by atoms with Gasteiger partial charge in [0.15, 0.2) is 0 Å². The van der Waals surface area contributed by atoms with Gasteiger partial charge in [0, 0.05) is 69.6 Å². The highest BCUT2D eigenvalue weighted by Gasteiger charge is 2.31. The molecule has 0 bridgehead atoms. The maximum atomic E-state index is 12.8. The Bertz CT molecular complexity index is 1080. The predicted molar refractivity (Wildman–Crippen MR) is 138 cm³/mol. The van der Waals surface area contributed by atoms with E-state index < -0.39 is 5.97 Å². The monoisotopic (exact) mass is 494 g/mol. The quantitative estimate of drug-likeness (QED) is 0.517. The summed E-state index contributed by atoms with van der Waals surface area (Å²) in [5.74, 6) is -0.502. The van der Waals surface area contributed by atoms with Crippen molar-refractivity contribution in [3.63, 3.8) is 0 Å². The number of carbonyl (C=O) groups is 2. The number of rotatable bonds is 9. The van der Waals surface area contributed by atoms with Crippen LogP contribution < -0.4 is 10.1 Å². The van der Waals surface area contributed by atoms with Crippen LogP contribution in [0.4, 0.5) is 5.69 Å². The molecule has 2 aliphatic heterocycles. The van der Waals surface area contributed by atoms with Crippen LogP contribution in [-0.2, 0) is 16.0 Å². The largest absolute Gasteiger partial charge is 0.490 e. The number of benzene rings is 2. The number of methoxy groups -OCH3 is 1. The summed E-state index contributed by atoms with van der Waals surface area (Å²) in [6.45, 7) is 4.31. The molecule has 2 atom stereocenters. The van der Waals surface area contributed by atoms with Gasteiger partial charge in [-0.1, -0.05) is 18.2 Å². The number of likely N-dealkylation sites (N-methyl/N-ethyl adjacent to an activating group) is 1. The third-order valence-corrected chi connectivity index (χ3v) is 6.68. The normalized spacial score (nSPS) is 20.1. The Labute approximate surface area is 211 Å². The van der Waals surface area contributed by atoms with E-state index in [9.17, 15) is 14.7 Å². The van der Waals surface area contributed by atoms with Gasteiger partial charge in [-0.2, -0.15) is 5.10 Å². The SMILES string of the molecule is COCCC1Oc2cc(NC(=O)c3ccc(C=NN4CCN(C)CC4)cc3)ccc2CC1CC(=O)O. The van der Waals surface area contributed by atoms with Gasteiger partial charge in [-0.3, -0.25) is 14.6 Å². The van der Waals surface area contributed by atoms with Crippen molar-refractivity contribution in [3.05, 3.63) is 59.2 Å². The second-order valence-electron chi connectivity index (χ2n) is 9.40. The van der Waals surface area contributed by atoms with Gasteiger partial charge in [-0.25, -0.2) is 0 Å². The molecule has 192 valence electrons. The van der Waals surface area contributed by atoms with E-state index in [1.54, 1.807) is 25.3 Å². The number of anilines is 1. The van der Waals surface area contributed by atoms with Crippen molar-refractivity contribution in [2.75, 3.05) is 52.3 Å². The number of hydrazone groups is 1. The Morgan fingerprint density at radius 1 is 1.17 bits per heavy atom. The van der Waals surface area contributed by atoms with Gasteiger partial charge in [-0.15, -0.1) is 0 Å². The Hall–Kier alpha value is -3.43. The number of amides is 1. The van der Waals surface area contributed by atoms with Gasteiger partial charge >= 0.3 is 5.97 Å². The van der Waals surface area contributed by atoms with Crippen LogP contribution >= 0.6 is 0 Å². The lowest BCUT2D eigenvalue weighted by atomic mass is 9.86. The minimum absolute atomic E-state index is 0.0440. The molecule has 9 heteroatoms. The number of piperazine rings is 1. The zero-order valence-electron chi connectivity index (χ0n) is 20.9. The van der Waals surface area contributed by atoms with Gasteiger partial charge in [-0.05, 0) is 42.8 Å². The standard InChI is InChI=1S/C27H34N4O5/c1-30-10-12-31(13-11-30)28-18-19-3-5-20(6-4-19)27(34)29-23-8-7-21-15-22(16-26(32)33)24(9-14-35-2)36-25(21)17-23/h3-8,17-18,22,24H,9-16H2,1-2H3,(H,29,34)(H,32,33). The predicted octanol–water partition coefficient (Wildman–Crippen LogP) is 2.95. The number of aliphatic carboxylic acids is 1. The first kappa shape index (κ1) is 25.7. The number of fused-ring (bicyclic) bond motifs is 1. The smallest absolute Gasteiger partial charge is 0.303 e. The molecule has 1 amide bonds. The van der Waals surface area contributed by atoms with Crippen LogP contribution in [0.15, 0.2) is 47.6 Å². The molecule has 0 spiro atoms. The summed E-state index contributed by atoms with van der Waals surface area (Å²) in [4.78, 5) is 26.4. The van der Waals surface area contributed by atoms with E-state index in [-0.39, 0.29) is 24.3 Å². The Balaban J connectivity index is 1.38. The maximum absolute atomic E-state index is 12.8. The lowest BCUT2D eigenvalue weighted by Gasteiger charge is -2.33. The Morgan fingerprint density at radius 2 is 1.92 bits per heavy atom. The average Bonchev–Trinajstić information content (AvgIpc) is 2.87. The molecule has 2 aromatic carbocycles. The van der Waals surface area contributed by atoms with Crippen LogP contribution in [0.25, 0.3) is 0 Å². The van der Waals surface area contributed by atoms with E-state index in [0.717, 1.165) is 37.3 Å². The highest BCUT2D eigenvalue weighted by atomic mass is 16.5. The van der Waals surface area contributed by atoms with E-state index in [1.165, 1.54) is 0 Å². The minimum Gasteiger partial charge on any atom is -0.490 e. The highest BCUT2D eigenvalue weighted by molar-refractivity contribution is 6.04. The number of hydrogen-bond donors (Lipinski definition) is 2. The fourth-order valence-corrected chi connectivity index (χ4v) is 4.52. The Morgan fingerprint density at radius 3 is 2.61 bits per heavy atom. The number of nitrogens with zero attached hydrogens (tertiary/aromatic N) is 3. The molecule has 9 nitrogen and oxygen atoms in total. The van der Waals surface area contributed by atoms with Gasteiger partial charge in [0.05, 0.1) is 12.6 Å². The summed E-state index contributed by atoms with van der Waals surface area (Å²) in [5, 5.41) is 18.8. The molecule has 4 rings (SSSR count). The van der Waals surface area contributed by atoms with Gasteiger partial charge in [0.2, 0.25) is 0 Å². The summed E-state index contributed by atoms with van der Waals surface area (Å²) < 4.78 is 11.3. The lowest BCUT2D eigenvalue weighted by Crippen LogP contribution is -2.41. The van der Waals surface area contributed by atoms with Gasteiger partial charge < -0.3 is 24.8 Å². The molecule has 2 unspecified atom stereocenters. The third-order valence-electron chi connectivity index (χ3n) is 6.68. The molecule has 0 saturated carbocycles. The zero-order chi connectivity index (χ0) is 25.5. The number of carboxylic acids is 1. The molecule has 2 heterocycles. The summed E-state index contributed by atoms with van der Waals surface area (Å²) in [6, 6.07) is 12.9. The van der Waals surface area contributed by atoms with Crippen LogP contribution in [-0.4, -0.2) is 86.2 Å². The van der Waals surface area contributed by atoms with E-state index in [2.05, 4.69) is 27.4 Å². The van der Waals surface area contributed by atoms with Crippen molar-refractivity contribution in [1.82, 2.24) is 9.91 Å². The zero-order valence-corrected chi connectivity index (χ0v) is 20.9. The number of hydrogen-bond acceptors (Lipinski definition) is 7. The fourth-order valence-electron chi connectivity index (χ4n) is 4.52. The van der Waals surface area contributed by atoms with Crippen LogP contribution in [0.2, 0.25) is 0 Å². The first-order chi connectivity index (χ1) is 17.4. The van der Waals surface area contributed by atoms with Crippen molar-refractivity contribution >= 4 is 23.8 Å². The number of nitrogens with one attached hydrogen (secondary N) is 1. The minimum atomic E-state index is -0.838. The first-order valence-electron chi connectivity index (χ1n) is 12.3. The number of ether oxygens (including phenoxy) is 2. The van der Waals surface area contributed by atoms with E-state index in [0.29, 0.717) is 36.4 Å². The molecule has 2 N–H and O–H groups in total. The van der Waals surface area contributed by atoms with Gasteiger partial charge in [0.25, 0.3) is 5.91 Å². The summed E-state index contributed by atoms with van der Waals surface area (Å²) in [5.41, 5.74) is 3.05. The highest BCUT2D eigenvalue weighted by Crippen LogP contribution is 2.35. The summed E-state index contributed by atoms with van der Waals surface area (Å²) in [6.07, 6.45) is 2.84. The lowest BCUT2D eigenvalue weighted by molar-refractivity contribution is -0.139. The van der Waals surface area contributed by atoms with Crippen molar-refractivity contribution in [1.29, 1.82) is 0 Å². The molecule has 1 fully saturated rings. The van der Waals surface area contributed by atoms with Crippen molar-refractivity contribution < 1.29 is 24.2 Å². The molecule has 2 aromatic rings. The molecule has 0 radical (unpaired) electrons. The molecular formula is C27H34N4O5. The first-order valence-corrected chi connectivity index (χ1v) is 12.3. The molecule has 1 saturated heterocycles. The van der Waals surface area contributed by atoms with Crippen LogP contribution in [0.1, 0.15) is 34.3 Å². The van der Waals surface area contributed by atoms with Crippen LogP contribution in [0.5, 0.6) is 5.75 Å². The van der Waals surface area contributed by atoms with Crippen molar-refractivity contribution in [3.8, 4) is 5.75 Å². The molecule has 0 aromatic heterocycles. The topological polar surface area (TPSA) is 104 Å². The molecule has 0 aliphatic carbocycles. The van der Waals surface area contributed by atoms with E-state index >= 15 is 0 Å². The van der Waals surface area contributed by atoms with Crippen LogP contribution in [0, 0.1) is 5.92 Å². The number of carbonyl (C=O) groups excluding carboxylic acids is 1. The molecule has 36 heavy (non-hydrogen) atoms. The van der Waals surface area contributed by atoms with Crippen molar-refractivity contribution in [2.45, 2.75) is 25.4 Å². The Kier molecular flexibility index (Phi) is 8.56. The summed E-state index contributed by atoms with van der Waals surface area (Å²) >= 11 is 0. The van der Waals surface area contributed by atoms with E-state index in [1.807, 2.05) is 30.5 Å². The molecule has 2 aliphatic rings. The van der Waals surface area contributed by atoms with Crippen molar-refractivity contribution in [2.24, 2.45) is 11.0 Å².